The lowest BCUT2D eigenvalue weighted by Crippen LogP contribution is -1.92. The maximum Gasteiger partial charge on any atom is -0.00517 e. The van der Waals surface area contributed by atoms with E-state index in [9.17, 15) is 0 Å². The van der Waals surface area contributed by atoms with Gasteiger partial charge in [-0.15, -0.1) is 0 Å². The fraction of sp³-hybridized carbons (Fsp3) is 0.280. The molecule has 126 valence electrons. The van der Waals surface area contributed by atoms with Gasteiger partial charge >= 0.3 is 0 Å². The second kappa shape index (κ2) is 7.27. The van der Waals surface area contributed by atoms with E-state index in [1.807, 2.05) is 0 Å². The Bertz CT molecular complexity index is 909. The van der Waals surface area contributed by atoms with Crippen molar-refractivity contribution in [1.82, 2.24) is 0 Å². The minimum absolute atomic E-state index is 1.13. The van der Waals surface area contributed by atoms with E-state index >= 15 is 0 Å². The third-order valence-corrected chi connectivity index (χ3v) is 5.41. The molecule has 0 unspecified atom stereocenters. The van der Waals surface area contributed by atoms with Crippen molar-refractivity contribution in [2.45, 2.75) is 45.4 Å². The molecule has 0 aliphatic heterocycles. The first-order valence-corrected chi connectivity index (χ1v) is 9.66. The second-order valence-corrected chi connectivity index (χ2v) is 7.19. The summed E-state index contributed by atoms with van der Waals surface area (Å²) in [4.78, 5) is 0. The van der Waals surface area contributed by atoms with Crippen molar-refractivity contribution in [3.05, 3.63) is 77.4 Å². The monoisotopic (exact) mass is 326 g/mol. The van der Waals surface area contributed by atoms with Crippen molar-refractivity contribution in [3.8, 4) is 11.1 Å². The van der Waals surface area contributed by atoms with E-state index in [2.05, 4.69) is 73.7 Å². The number of benzene rings is 3. The van der Waals surface area contributed by atoms with Crippen LogP contribution in [-0.4, -0.2) is 0 Å². The molecule has 25 heavy (non-hydrogen) atoms. The Morgan fingerprint density at radius 2 is 1.56 bits per heavy atom. The minimum Gasteiger partial charge on any atom is -0.0654 e. The molecule has 0 nitrogen and oxygen atoms in total. The molecule has 0 spiro atoms. The molecule has 0 heteroatoms. The van der Waals surface area contributed by atoms with Gasteiger partial charge in [0.1, 0.15) is 0 Å². The lowest BCUT2D eigenvalue weighted by Gasteiger charge is -2.12. The Morgan fingerprint density at radius 1 is 0.760 bits per heavy atom. The Morgan fingerprint density at radius 3 is 2.48 bits per heavy atom. The van der Waals surface area contributed by atoms with Crippen LogP contribution < -0.4 is 0 Å². The van der Waals surface area contributed by atoms with Crippen molar-refractivity contribution >= 4 is 16.8 Å². The summed E-state index contributed by atoms with van der Waals surface area (Å²) >= 11 is 0. The van der Waals surface area contributed by atoms with Crippen LogP contribution in [0.15, 0.2) is 66.2 Å². The highest BCUT2D eigenvalue weighted by Crippen LogP contribution is 2.38. The molecule has 0 bridgehead atoms. The first kappa shape index (κ1) is 16.1. The lowest BCUT2D eigenvalue weighted by molar-refractivity contribution is 0.662. The van der Waals surface area contributed by atoms with E-state index < -0.39 is 0 Å². The highest BCUT2D eigenvalue weighted by molar-refractivity contribution is 5.98. The third kappa shape index (κ3) is 3.26. The average Bonchev–Trinajstić information content (AvgIpc) is 3.08. The topological polar surface area (TPSA) is 0 Å². The van der Waals surface area contributed by atoms with Gasteiger partial charge in [0.25, 0.3) is 0 Å². The molecule has 0 fully saturated rings. The minimum atomic E-state index is 1.13. The summed E-state index contributed by atoms with van der Waals surface area (Å²) < 4.78 is 0. The lowest BCUT2D eigenvalue weighted by atomic mass is 9.92. The van der Waals surface area contributed by atoms with Gasteiger partial charge in [0.15, 0.2) is 0 Å². The molecule has 1 aliphatic carbocycles. The smallest absolute Gasteiger partial charge is 0.00517 e. The molecular weight excluding hydrogens is 300 g/mol. The standard InChI is InChI=1S/C25H26/c1-2-3-4-5-10-19-17-21-13-9-16-24(25(21)18-19)23-15-8-12-20-11-6-7-14-22(20)23/h6-9,11-17H,2-5,10,18H2,1H3. The van der Waals surface area contributed by atoms with Crippen LogP contribution in [0.4, 0.5) is 0 Å². The maximum absolute atomic E-state index is 2.44. The van der Waals surface area contributed by atoms with Crippen LogP contribution in [0.2, 0.25) is 0 Å². The average molecular weight is 326 g/mol. The molecule has 0 radical (unpaired) electrons. The summed E-state index contributed by atoms with van der Waals surface area (Å²) in [5.41, 5.74) is 7.34. The van der Waals surface area contributed by atoms with E-state index in [0.29, 0.717) is 0 Å². The van der Waals surface area contributed by atoms with E-state index in [0.717, 1.165) is 6.42 Å². The number of fused-ring (bicyclic) bond motifs is 2. The fourth-order valence-corrected chi connectivity index (χ4v) is 4.09. The highest BCUT2D eigenvalue weighted by Gasteiger charge is 2.17. The molecule has 0 aromatic heterocycles. The summed E-state index contributed by atoms with van der Waals surface area (Å²) in [6, 6.07) is 22.2. The number of rotatable bonds is 6. The zero-order valence-electron chi connectivity index (χ0n) is 15.1. The van der Waals surface area contributed by atoms with Crippen molar-refractivity contribution in [2.24, 2.45) is 0 Å². The normalized spacial score (nSPS) is 13.1. The zero-order valence-corrected chi connectivity index (χ0v) is 15.1. The van der Waals surface area contributed by atoms with Crippen LogP contribution in [0.25, 0.3) is 28.0 Å². The number of unbranched alkanes of at least 4 members (excludes halogenated alkanes) is 3. The van der Waals surface area contributed by atoms with Gasteiger partial charge in [-0.1, -0.05) is 98.5 Å². The SMILES string of the molecule is CCCCCCC1=Cc2cccc(-c3cccc4ccccc34)c2C1. The van der Waals surface area contributed by atoms with E-state index in [1.165, 1.54) is 65.1 Å². The van der Waals surface area contributed by atoms with Gasteiger partial charge in [-0.2, -0.15) is 0 Å². The van der Waals surface area contributed by atoms with Gasteiger partial charge in [0.05, 0.1) is 0 Å². The Hall–Kier alpha value is -2.34. The molecule has 0 N–H and O–H groups in total. The molecule has 3 aromatic carbocycles. The number of allylic oxidation sites excluding steroid dienone is 1. The van der Waals surface area contributed by atoms with Crippen LogP contribution in [0.3, 0.4) is 0 Å². The van der Waals surface area contributed by atoms with Crippen molar-refractivity contribution in [3.63, 3.8) is 0 Å². The molecular formula is C25H26. The van der Waals surface area contributed by atoms with Crippen LogP contribution in [0.1, 0.15) is 50.2 Å². The Labute approximate surface area is 151 Å². The van der Waals surface area contributed by atoms with Gasteiger partial charge < -0.3 is 0 Å². The molecule has 0 amide bonds. The van der Waals surface area contributed by atoms with E-state index in [4.69, 9.17) is 0 Å². The van der Waals surface area contributed by atoms with E-state index in [1.54, 1.807) is 5.57 Å². The molecule has 0 heterocycles. The first-order valence-electron chi connectivity index (χ1n) is 9.66. The Kier molecular flexibility index (Phi) is 4.70. The second-order valence-electron chi connectivity index (χ2n) is 7.19. The van der Waals surface area contributed by atoms with Crippen LogP contribution >= 0.6 is 0 Å². The van der Waals surface area contributed by atoms with Crippen molar-refractivity contribution in [1.29, 1.82) is 0 Å². The maximum atomic E-state index is 2.44. The summed E-state index contributed by atoms with van der Waals surface area (Å²) in [5.74, 6) is 0. The van der Waals surface area contributed by atoms with Crippen molar-refractivity contribution < 1.29 is 0 Å². The molecule has 0 saturated carbocycles. The van der Waals surface area contributed by atoms with Gasteiger partial charge in [-0.05, 0) is 52.3 Å². The quantitative estimate of drug-likeness (QED) is 0.413. The van der Waals surface area contributed by atoms with Crippen LogP contribution in [0.5, 0.6) is 0 Å². The molecule has 4 rings (SSSR count). The molecule has 0 atom stereocenters. The highest BCUT2D eigenvalue weighted by atomic mass is 14.2. The molecule has 3 aromatic rings. The predicted molar refractivity (Wildman–Crippen MR) is 110 cm³/mol. The number of hydrogen-bond acceptors (Lipinski definition) is 0. The van der Waals surface area contributed by atoms with Gasteiger partial charge in [0, 0.05) is 0 Å². The summed E-state index contributed by atoms with van der Waals surface area (Å²) in [6.45, 7) is 2.28. The van der Waals surface area contributed by atoms with Crippen molar-refractivity contribution in [2.75, 3.05) is 0 Å². The number of hydrogen-bond donors (Lipinski definition) is 0. The molecule has 0 saturated heterocycles. The van der Waals surface area contributed by atoms with Crippen LogP contribution in [0, 0.1) is 0 Å². The van der Waals surface area contributed by atoms with E-state index in [-0.39, 0.29) is 0 Å². The van der Waals surface area contributed by atoms with Gasteiger partial charge in [-0.3, -0.25) is 0 Å². The van der Waals surface area contributed by atoms with Gasteiger partial charge in [0.2, 0.25) is 0 Å². The predicted octanol–water partition coefficient (Wildman–Crippen LogP) is 7.42. The van der Waals surface area contributed by atoms with Gasteiger partial charge in [-0.25, -0.2) is 0 Å². The fourth-order valence-electron chi connectivity index (χ4n) is 4.09. The Balaban J connectivity index is 1.65. The molecule has 1 aliphatic rings. The largest absolute Gasteiger partial charge is 0.0654 e. The third-order valence-electron chi connectivity index (χ3n) is 5.41. The summed E-state index contributed by atoms with van der Waals surface area (Å²) in [6.07, 6.45) is 10.2. The zero-order chi connectivity index (χ0) is 17.1. The summed E-state index contributed by atoms with van der Waals surface area (Å²) in [5, 5.41) is 2.68. The first-order chi connectivity index (χ1) is 12.4. The summed E-state index contributed by atoms with van der Waals surface area (Å²) in [7, 11) is 0. The van der Waals surface area contributed by atoms with Crippen LogP contribution in [-0.2, 0) is 6.42 Å².